The first-order valence-corrected chi connectivity index (χ1v) is 9.10. The molecule has 116 valence electrons. The Morgan fingerprint density at radius 1 is 1.36 bits per heavy atom. The second-order valence-corrected chi connectivity index (χ2v) is 8.38. The van der Waals surface area contributed by atoms with Crippen LogP contribution in [0.25, 0.3) is 0 Å². The molecule has 3 aliphatic rings. The van der Waals surface area contributed by atoms with Crippen molar-refractivity contribution in [3.8, 4) is 0 Å². The molecule has 1 amide bonds. The van der Waals surface area contributed by atoms with Crippen LogP contribution in [0.4, 0.5) is 5.69 Å². The Morgan fingerprint density at radius 3 is 2.86 bits per heavy atom. The Hall–Kier alpha value is -0.880. The van der Waals surface area contributed by atoms with Crippen LogP contribution >= 0.6 is 31.9 Å². The van der Waals surface area contributed by atoms with Crippen molar-refractivity contribution in [2.24, 2.45) is 23.7 Å². The molecule has 1 aliphatic heterocycles. The number of hydrogen-bond acceptors (Lipinski definition) is 3. The molecule has 1 aromatic carbocycles. The number of ether oxygens (including phenoxy) is 1. The number of nitrogens with one attached hydrogen (secondary N) is 1. The summed E-state index contributed by atoms with van der Waals surface area (Å²) in [5.41, 5.74) is 1.79. The zero-order valence-electron chi connectivity index (χ0n) is 11.9. The van der Waals surface area contributed by atoms with E-state index in [1.807, 2.05) is 25.1 Å². The number of alkyl halides is 1. The molecule has 2 aliphatic carbocycles. The third-order valence-electron chi connectivity index (χ3n) is 5.27. The summed E-state index contributed by atoms with van der Waals surface area (Å²) in [4.78, 5) is 25.0. The standard InChI is InChI=1S/C16H15Br2NO3/c1-6-4-7(17)2-3-10(6)19-15(20)11-8-5-9-12(11)16(21)22-14(9)13(8)18/h2-4,8-9,11-14H,5H2,1H3,(H,19,20)/t8-,9+,11-,12-,13+,14-/m0/s1. The lowest BCUT2D eigenvalue weighted by Gasteiger charge is -2.27. The molecule has 0 radical (unpaired) electrons. The van der Waals surface area contributed by atoms with Gasteiger partial charge in [-0.1, -0.05) is 31.9 Å². The third kappa shape index (κ3) is 1.99. The minimum atomic E-state index is -0.288. The molecule has 0 unspecified atom stereocenters. The molecule has 22 heavy (non-hydrogen) atoms. The van der Waals surface area contributed by atoms with E-state index in [1.165, 1.54) is 0 Å². The maximum Gasteiger partial charge on any atom is 0.310 e. The molecule has 1 heterocycles. The summed E-state index contributed by atoms with van der Waals surface area (Å²) in [5.74, 6) is -0.439. The van der Waals surface area contributed by atoms with Gasteiger partial charge < -0.3 is 10.1 Å². The van der Waals surface area contributed by atoms with Gasteiger partial charge in [-0.25, -0.2) is 0 Å². The molecule has 4 rings (SSSR count). The number of carbonyl (C=O) groups is 2. The first-order valence-electron chi connectivity index (χ1n) is 7.39. The predicted octanol–water partition coefficient (Wildman–Crippen LogP) is 3.27. The van der Waals surface area contributed by atoms with E-state index >= 15 is 0 Å². The number of fused-ring (bicyclic) bond motifs is 1. The first kappa shape index (κ1) is 14.7. The van der Waals surface area contributed by atoms with Crippen LogP contribution in [0.15, 0.2) is 22.7 Å². The van der Waals surface area contributed by atoms with Crippen LogP contribution < -0.4 is 5.32 Å². The number of rotatable bonds is 2. The number of hydrogen-bond donors (Lipinski definition) is 1. The highest BCUT2D eigenvalue weighted by Gasteiger charge is 2.67. The first-order chi connectivity index (χ1) is 10.5. The lowest BCUT2D eigenvalue weighted by molar-refractivity contribution is -0.145. The van der Waals surface area contributed by atoms with Gasteiger partial charge in [0.2, 0.25) is 5.91 Å². The fraction of sp³-hybridized carbons (Fsp3) is 0.500. The quantitative estimate of drug-likeness (QED) is 0.581. The van der Waals surface area contributed by atoms with Crippen molar-refractivity contribution in [2.45, 2.75) is 24.3 Å². The fourth-order valence-electron chi connectivity index (χ4n) is 4.31. The lowest BCUT2D eigenvalue weighted by atomic mass is 9.79. The van der Waals surface area contributed by atoms with Gasteiger partial charge in [-0.05, 0) is 43.0 Å². The SMILES string of the molecule is Cc1cc(Br)ccc1NC(=O)[C@H]1[C@@H]2C[C@H]3[C@H](OC(=O)[C@@H]31)[C@@H]2Br. The van der Waals surface area contributed by atoms with Crippen molar-refractivity contribution in [3.05, 3.63) is 28.2 Å². The van der Waals surface area contributed by atoms with Gasteiger partial charge in [-0.2, -0.15) is 0 Å². The van der Waals surface area contributed by atoms with Crippen LogP contribution in [0.2, 0.25) is 0 Å². The van der Waals surface area contributed by atoms with Gasteiger partial charge in [-0.3, -0.25) is 9.59 Å². The van der Waals surface area contributed by atoms with E-state index in [4.69, 9.17) is 4.74 Å². The largest absolute Gasteiger partial charge is 0.461 e. The van der Waals surface area contributed by atoms with Gasteiger partial charge in [0.05, 0.1) is 16.7 Å². The number of halogens is 2. The van der Waals surface area contributed by atoms with E-state index in [2.05, 4.69) is 37.2 Å². The maximum atomic E-state index is 12.8. The van der Waals surface area contributed by atoms with E-state index in [9.17, 15) is 9.59 Å². The molecule has 2 saturated carbocycles. The van der Waals surface area contributed by atoms with Crippen LogP contribution in [-0.4, -0.2) is 22.8 Å². The van der Waals surface area contributed by atoms with E-state index in [0.29, 0.717) is 0 Å². The average molecular weight is 429 g/mol. The zero-order chi connectivity index (χ0) is 15.6. The van der Waals surface area contributed by atoms with Crippen LogP contribution in [0.3, 0.4) is 0 Å². The highest BCUT2D eigenvalue weighted by Crippen LogP contribution is 2.60. The Labute approximate surface area is 145 Å². The van der Waals surface area contributed by atoms with E-state index < -0.39 is 0 Å². The van der Waals surface area contributed by atoms with Crippen molar-refractivity contribution in [2.75, 3.05) is 5.32 Å². The normalized spacial score (nSPS) is 38.2. The molecule has 1 saturated heterocycles. The Morgan fingerprint density at radius 2 is 2.14 bits per heavy atom. The molecule has 0 aromatic heterocycles. The summed E-state index contributed by atoms with van der Waals surface area (Å²) in [6.45, 7) is 1.95. The molecule has 6 heteroatoms. The Bertz CT molecular complexity index is 677. The number of carbonyl (C=O) groups excluding carboxylic acids is 2. The molecule has 1 N–H and O–H groups in total. The smallest absolute Gasteiger partial charge is 0.310 e. The zero-order valence-corrected chi connectivity index (χ0v) is 15.1. The molecule has 3 fully saturated rings. The van der Waals surface area contributed by atoms with Crippen LogP contribution in [0.5, 0.6) is 0 Å². The highest BCUT2D eigenvalue weighted by molar-refractivity contribution is 9.10. The topological polar surface area (TPSA) is 55.4 Å². The van der Waals surface area contributed by atoms with Crippen molar-refractivity contribution in [1.29, 1.82) is 0 Å². The molecule has 2 bridgehead atoms. The summed E-state index contributed by atoms with van der Waals surface area (Å²) in [5, 5.41) is 3.00. The molecular weight excluding hydrogens is 414 g/mol. The molecular formula is C16H15Br2NO3. The third-order valence-corrected chi connectivity index (χ3v) is 6.97. The highest BCUT2D eigenvalue weighted by atomic mass is 79.9. The van der Waals surface area contributed by atoms with Gasteiger partial charge in [0, 0.05) is 16.1 Å². The summed E-state index contributed by atoms with van der Waals surface area (Å²) < 4.78 is 6.43. The van der Waals surface area contributed by atoms with E-state index in [0.717, 1.165) is 22.1 Å². The average Bonchev–Trinajstić information content (AvgIpc) is 3.06. The molecule has 4 nitrogen and oxygen atoms in total. The summed E-state index contributed by atoms with van der Waals surface area (Å²) in [6.07, 6.45) is 0.856. The summed E-state index contributed by atoms with van der Waals surface area (Å²) >= 11 is 7.05. The van der Waals surface area contributed by atoms with Gasteiger partial charge in [0.1, 0.15) is 6.10 Å². The van der Waals surface area contributed by atoms with Crippen molar-refractivity contribution < 1.29 is 14.3 Å². The Kier molecular flexibility index (Phi) is 3.38. The number of amides is 1. The molecule has 0 spiro atoms. The second kappa shape index (κ2) is 5.06. The van der Waals surface area contributed by atoms with Crippen molar-refractivity contribution in [3.63, 3.8) is 0 Å². The van der Waals surface area contributed by atoms with Crippen molar-refractivity contribution in [1.82, 2.24) is 0 Å². The molecule has 6 atom stereocenters. The number of esters is 1. The lowest BCUT2D eigenvalue weighted by Crippen LogP contribution is -2.40. The van der Waals surface area contributed by atoms with Gasteiger partial charge in [0.25, 0.3) is 0 Å². The second-order valence-electron chi connectivity index (χ2n) is 6.41. The number of anilines is 1. The van der Waals surface area contributed by atoms with Crippen LogP contribution in [0, 0.1) is 30.6 Å². The van der Waals surface area contributed by atoms with Crippen LogP contribution in [0.1, 0.15) is 12.0 Å². The Balaban J connectivity index is 1.59. The number of aryl methyl sites for hydroxylation is 1. The van der Waals surface area contributed by atoms with E-state index in [1.54, 1.807) is 0 Å². The van der Waals surface area contributed by atoms with Gasteiger partial charge >= 0.3 is 5.97 Å². The number of benzene rings is 1. The minimum Gasteiger partial charge on any atom is -0.461 e. The molecule has 1 aromatic rings. The monoisotopic (exact) mass is 427 g/mol. The van der Waals surface area contributed by atoms with Crippen molar-refractivity contribution >= 4 is 49.4 Å². The van der Waals surface area contributed by atoms with E-state index in [-0.39, 0.29) is 46.5 Å². The minimum absolute atomic E-state index is 0.0408. The van der Waals surface area contributed by atoms with Crippen LogP contribution in [-0.2, 0) is 14.3 Å². The van der Waals surface area contributed by atoms with Gasteiger partial charge in [0.15, 0.2) is 0 Å². The summed E-state index contributed by atoms with van der Waals surface area (Å²) in [6, 6.07) is 5.74. The maximum absolute atomic E-state index is 12.8. The predicted molar refractivity (Wildman–Crippen MR) is 88.7 cm³/mol. The summed E-state index contributed by atoms with van der Waals surface area (Å²) in [7, 11) is 0. The van der Waals surface area contributed by atoms with Gasteiger partial charge in [-0.15, -0.1) is 0 Å². The fourth-order valence-corrected chi connectivity index (χ4v) is 5.83.